The lowest BCUT2D eigenvalue weighted by molar-refractivity contribution is -0.148. The average molecular weight is 300 g/mol. The fraction of sp³-hybridized carbons (Fsp3) is 0.412. The van der Waals surface area contributed by atoms with Crippen molar-refractivity contribution in [3.63, 3.8) is 0 Å². The number of carbonyl (C=O) groups excluding carboxylic acids is 2. The van der Waals surface area contributed by atoms with Crippen molar-refractivity contribution in [2.24, 2.45) is 5.92 Å². The van der Waals surface area contributed by atoms with Gasteiger partial charge >= 0.3 is 5.97 Å². The quantitative estimate of drug-likeness (QED) is 0.817. The molecule has 1 saturated heterocycles. The first-order valence-corrected chi connectivity index (χ1v) is 7.49. The molecular weight excluding hydrogens is 280 g/mol. The second kappa shape index (κ2) is 5.83. The van der Waals surface area contributed by atoms with Gasteiger partial charge in [-0.25, -0.2) is 4.79 Å². The van der Waals surface area contributed by atoms with Gasteiger partial charge in [0, 0.05) is 37.6 Å². The molecule has 1 amide bonds. The topological polar surface area (TPSA) is 51.5 Å². The molecule has 1 aromatic carbocycles. The number of piperidine rings is 1. The van der Waals surface area contributed by atoms with E-state index in [4.69, 9.17) is 4.74 Å². The van der Waals surface area contributed by atoms with Crippen molar-refractivity contribution < 1.29 is 14.3 Å². The Morgan fingerprint density at radius 3 is 2.82 bits per heavy atom. The summed E-state index contributed by atoms with van der Waals surface area (Å²) < 4.78 is 6.96. The van der Waals surface area contributed by atoms with Gasteiger partial charge in [-0.2, -0.15) is 0 Å². The maximum Gasteiger partial charge on any atom is 0.329 e. The number of nitrogens with zero attached hydrogens (tertiary/aromatic N) is 2. The first-order chi connectivity index (χ1) is 10.6. The minimum absolute atomic E-state index is 0.0352. The molecule has 2 heterocycles. The van der Waals surface area contributed by atoms with Gasteiger partial charge in [0.05, 0.1) is 7.11 Å². The lowest BCUT2D eigenvalue weighted by Gasteiger charge is -2.33. The van der Waals surface area contributed by atoms with E-state index in [0.717, 1.165) is 17.3 Å². The normalized spacial score (nSPS) is 20.2. The molecular formula is C17H20N2O3. The molecule has 2 aromatic rings. The summed E-state index contributed by atoms with van der Waals surface area (Å²) in [6.07, 6.45) is 3.09. The minimum atomic E-state index is -0.456. The van der Waals surface area contributed by atoms with Crippen molar-refractivity contribution in [3.8, 4) is 0 Å². The van der Waals surface area contributed by atoms with E-state index in [1.807, 2.05) is 41.1 Å². The second-order valence-electron chi connectivity index (χ2n) is 5.82. The number of hydrogen-bond acceptors (Lipinski definition) is 3. The number of esters is 1. The Morgan fingerprint density at radius 2 is 2.09 bits per heavy atom. The molecule has 0 N–H and O–H groups in total. The van der Waals surface area contributed by atoms with E-state index in [0.29, 0.717) is 13.0 Å². The highest BCUT2D eigenvalue weighted by Crippen LogP contribution is 2.33. The number of methoxy groups -OCH3 is 1. The molecule has 0 spiro atoms. The first-order valence-electron chi connectivity index (χ1n) is 7.49. The van der Waals surface area contributed by atoms with Crippen LogP contribution in [-0.2, 0) is 14.3 Å². The zero-order chi connectivity index (χ0) is 15.7. The van der Waals surface area contributed by atoms with Gasteiger partial charge in [0.1, 0.15) is 6.04 Å². The smallest absolute Gasteiger partial charge is 0.329 e. The summed E-state index contributed by atoms with van der Waals surface area (Å²) in [5, 5.41) is 1.08. The zero-order valence-electron chi connectivity index (χ0n) is 12.9. The van der Waals surface area contributed by atoms with E-state index in [-0.39, 0.29) is 17.8 Å². The highest BCUT2D eigenvalue weighted by Gasteiger charge is 2.36. The van der Waals surface area contributed by atoms with Crippen LogP contribution in [-0.4, -0.2) is 42.0 Å². The van der Waals surface area contributed by atoms with Crippen LogP contribution in [0.2, 0.25) is 0 Å². The molecule has 22 heavy (non-hydrogen) atoms. The van der Waals surface area contributed by atoms with Crippen LogP contribution in [0.5, 0.6) is 0 Å². The van der Waals surface area contributed by atoms with E-state index in [9.17, 15) is 9.59 Å². The number of likely N-dealkylation sites (tertiary alicyclic amines) is 1. The molecule has 1 aliphatic rings. The molecule has 0 aliphatic carbocycles. The number of ether oxygens (including phenoxy) is 1. The Labute approximate surface area is 129 Å². The van der Waals surface area contributed by atoms with Crippen LogP contribution in [0.3, 0.4) is 0 Å². The largest absolute Gasteiger partial charge is 0.467 e. The van der Waals surface area contributed by atoms with E-state index < -0.39 is 6.04 Å². The van der Waals surface area contributed by atoms with Crippen LogP contribution in [0.4, 0.5) is 0 Å². The maximum absolute atomic E-state index is 12.4. The van der Waals surface area contributed by atoms with E-state index >= 15 is 0 Å². The van der Waals surface area contributed by atoms with Crippen molar-refractivity contribution in [1.82, 2.24) is 9.47 Å². The highest BCUT2D eigenvalue weighted by molar-refractivity contribution is 5.84. The fourth-order valence-electron chi connectivity index (χ4n) is 3.24. The minimum Gasteiger partial charge on any atom is -0.467 e. The number of para-hydroxylation sites is 1. The summed E-state index contributed by atoms with van der Waals surface area (Å²) in [6.45, 7) is 0.677. The van der Waals surface area contributed by atoms with Crippen LogP contribution in [0.1, 0.15) is 18.9 Å². The fourth-order valence-corrected chi connectivity index (χ4v) is 3.24. The second-order valence-corrected chi connectivity index (χ2v) is 5.82. The summed E-state index contributed by atoms with van der Waals surface area (Å²) >= 11 is 0. The molecule has 2 atom stereocenters. The molecule has 5 nitrogen and oxygen atoms in total. The summed E-state index contributed by atoms with van der Waals surface area (Å²) in [4.78, 5) is 26.1. The number of aromatic nitrogens is 1. The third kappa shape index (κ3) is 2.47. The van der Waals surface area contributed by atoms with Gasteiger partial charge in [-0.1, -0.05) is 18.2 Å². The summed E-state index contributed by atoms with van der Waals surface area (Å²) in [7, 11) is 3.20. The lowest BCUT2D eigenvalue weighted by Crippen LogP contribution is -2.40. The lowest BCUT2D eigenvalue weighted by atomic mass is 9.88. The van der Waals surface area contributed by atoms with Gasteiger partial charge in [-0.05, 0) is 23.9 Å². The molecule has 2 unspecified atom stereocenters. The van der Waals surface area contributed by atoms with Crippen molar-refractivity contribution in [2.45, 2.75) is 18.9 Å². The Bertz CT molecular complexity index is 707. The molecule has 1 aromatic heterocycles. The van der Waals surface area contributed by atoms with Crippen molar-refractivity contribution in [3.05, 3.63) is 36.5 Å². The molecule has 3 rings (SSSR count). The van der Waals surface area contributed by atoms with E-state index in [2.05, 4.69) is 0 Å². The van der Waals surface area contributed by atoms with Gasteiger partial charge in [-0.15, -0.1) is 0 Å². The standard InChI is InChI=1S/C17H20N2O3/c1-18-9-7-13(11-15(18)20)16(17(21)22-2)19-10-8-12-5-3-4-6-14(12)19/h3-6,8,10,13,16H,7,9,11H2,1-2H3. The Hall–Kier alpha value is -2.30. The Morgan fingerprint density at radius 1 is 1.32 bits per heavy atom. The monoisotopic (exact) mass is 300 g/mol. The number of rotatable bonds is 3. The van der Waals surface area contributed by atoms with Crippen LogP contribution in [0.25, 0.3) is 10.9 Å². The van der Waals surface area contributed by atoms with E-state index in [1.54, 1.807) is 11.9 Å². The molecule has 0 saturated carbocycles. The molecule has 1 fully saturated rings. The van der Waals surface area contributed by atoms with Gasteiger partial charge < -0.3 is 14.2 Å². The summed E-state index contributed by atoms with van der Waals surface area (Å²) in [6, 6.07) is 9.46. The number of carbonyl (C=O) groups is 2. The molecule has 5 heteroatoms. The first kappa shape index (κ1) is 14.6. The van der Waals surface area contributed by atoms with Gasteiger partial charge in [-0.3, -0.25) is 4.79 Å². The number of fused-ring (bicyclic) bond motifs is 1. The maximum atomic E-state index is 12.4. The predicted molar refractivity (Wildman–Crippen MR) is 83.4 cm³/mol. The van der Waals surface area contributed by atoms with Gasteiger partial charge in [0.25, 0.3) is 0 Å². The number of hydrogen-bond donors (Lipinski definition) is 0. The van der Waals surface area contributed by atoms with Crippen LogP contribution in [0.15, 0.2) is 36.5 Å². The molecule has 116 valence electrons. The van der Waals surface area contributed by atoms with E-state index in [1.165, 1.54) is 7.11 Å². The summed E-state index contributed by atoms with van der Waals surface area (Å²) in [5.41, 5.74) is 0.990. The Balaban J connectivity index is 2.00. The highest BCUT2D eigenvalue weighted by atomic mass is 16.5. The van der Waals surface area contributed by atoms with Crippen molar-refractivity contribution >= 4 is 22.8 Å². The van der Waals surface area contributed by atoms with Gasteiger partial charge in [0.2, 0.25) is 5.91 Å². The van der Waals surface area contributed by atoms with Crippen molar-refractivity contribution in [2.75, 3.05) is 20.7 Å². The Kier molecular flexibility index (Phi) is 3.88. The predicted octanol–water partition coefficient (Wildman–Crippen LogP) is 2.22. The summed E-state index contributed by atoms with van der Waals surface area (Å²) in [5.74, 6) is -0.239. The molecule has 1 aliphatic heterocycles. The van der Waals surface area contributed by atoms with Crippen molar-refractivity contribution in [1.29, 1.82) is 0 Å². The molecule has 0 bridgehead atoms. The molecule has 0 radical (unpaired) electrons. The van der Waals surface area contributed by atoms with Crippen LogP contribution < -0.4 is 0 Å². The van der Waals surface area contributed by atoms with Crippen LogP contribution in [0, 0.1) is 5.92 Å². The van der Waals surface area contributed by atoms with Crippen LogP contribution >= 0.6 is 0 Å². The third-order valence-electron chi connectivity index (χ3n) is 4.52. The average Bonchev–Trinajstić information content (AvgIpc) is 2.95. The zero-order valence-corrected chi connectivity index (χ0v) is 12.9. The third-order valence-corrected chi connectivity index (χ3v) is 4.52. The SMILES string of the molecule is COC(=O)C(C1CCN(C)C(=O)C1)n1ccc2ccccc21. The number of benzene rings is 1. The van der Waals surface area contributed by atoms with Gasteiger partial charge in [0.15, 0.2) is 0 Å². The number of amides is 1.